The molecule has 0 bridgehead atoms. The van der Waals surface area contributed by atoms with Crippen LogP contribution in [0.2, 0.25) is 0 Å². The number of hydrogen-bond donors (Lipinski definition) is 2. The molecule has 0 radical (unpaired) electrons. The van der Waals surface area contributed by atoms with Crippen molar-refractivity contribution in [2.24, 2.45) is 0 Å². The van der Waals surface area contributed by atoms with Crippen molar-refractivity contribution < 1.29 is 14.7 Å². The zero-order valence-electron chi connectivity index (χ0n) is 11.3. The van der Waals surface area contributed by atoms with Crippen LogP contribution in [0.5, 0.6) is 0 Å². The van der Waals surface area contributed by atoms with Crippen molar-refractivity contribution in [3.63, 3.8) is 0 Å². The molecular weight excluding hydrogens is 256 g/mol. The average Bonchev–Trinajstić information content (AvgIpc) is 2.66. The number of carboxylic acids is 1. The van der Waals surface area contributed by atoms with E-state index in [1.54, 1.807) is 0 Å². The number of carbonyl (C=O) groups is 2. The van der Waals surface area contributed by atoms with Gasteiger partial charge in [0.2, 0.25) is 6.41 Å². The normalized spacial score (nSPS) is 13.4. The summed E-state index contributed by atoms with van der Waals surface area (Å²) in [6, 6.07) is 3.86. The minimum Gasteiger partial charge on any atom is -0.481 e. The number of carboxylic acid groups (broad SMARTS) is 1. The van der Waals surface area contributed by atoms with Crippen LogP contribution in [0.15, 0.2) is 12.1 Å². The third kappa shape index (κ3) is 1.86. The number of aryl methyl sites for hydroxylation is 2. The fourth-order valence-electron chi connectivity index (χ4n) is 3.19. The summed E-state index contributed by atoms with van der Waals surface area (Å²) < 4.78 is 2.21. The lowest BCUT2D eigenvalue weighted by molar-refractivity contribution is -0.136. The number of aliphatic carboxylic acids is 1. The van der Waals surface area contributed by atoms with Crippen LogP contribution < -0.4 is 5.32 Å². The van der Waals surface area contributed by atoms with E-state index in [1.165, 1.54) is 5.56 Å². The molecule has 3 rings (SSSR count). The van der Waals surface area contributed by atoms with Gasteiger partial charge in [0.1, 0.15) is 0 Å². The third-order valence-electron chi connectivity index (χ3n) is 4.01. The van der Waals surface area contributed by atoms with Crippen LogP contribution in [0.25, 0.3) is 10.9 Å². The number of anilines is 1. The Kier molecular flexibility index (Phi) is 2.97. The number of carbonyl (C=O) groups excluding carboxylic acids is 1. The molecule has 0 fully saturated rings. The van der Waals surface area contributed by atoms with Crippen LogP contribution in [0, 0.1) is 6.92 Å². The molecular formula is C15H16N2O3. The lowest BCUT2D eigenvalue weighted by Gasteiger charge is -2.17. The molecule has 104 valence electrons. The quantitative estimate of drug-likeness (QED) is 0.837. The fraction of sp³-hybridized carbons (Fsp3) is 0.333. The van der Waals surface area contributed by atoms with E-state index < -0.39 is 5.97 Å². The van der Waals surface area contributed by atoms with Crippen molar-refractivity contribution in [2.75, 3.05) is 5.32 Å². The molecule has 1 aliphatic heterocycles. The number of nitrogens with zero attached hydrogens (tertiary/aromatic N) is 1. The fourth-order valence-corrected chi connectivity index (χ4v) is 3.19. The minimum atomic E-state index is -0.832. The van der Waals surface area contributed by atoms with Gasteiger partial charge in [-0.25, -0.2) is 0 Å². The van der Waals surface area contributed by atoms with E-state index in [9.17, 15) is 9.59 Å². The summed E-state index contributed by atoms with van der Waals surface area (Å²) in [6.07, 6.45) is 2.66. The van der Waals surface area contributed by atoms with Gasteiger partial charge in [0, 0.05) is 23.3 Å². The van der Waals surface area contributed by atoms with Gasteiger partial charge in [0.05, 0.1) is 11.9 Å². The van der Waals surface area contributed by atoms with Crippen LogP contribution >= 0.6 is 0 Å². The van der Waals surface area contributed by atoms with E-state index in [-0.39, 0.29) is 6.42 Å². The van der Waals surface area contributed by atoms with Gasteiger partial charge in [-0.05, 0) is 43.0 Å². The van der Waals surface area contributed by atoms with Gasteiger partial charge < -0.3 is 15.0 Å². The minimum absolute atomic E-state index is 0.0132. The van der Waals surface area contributed by atoms with Gasteiger partial charge in [-0.1, -0.05) is 0 Å². The Morgan fingerprint density at radius 2 is 2.30 bits per heavy atom. The molecule has 20 heavy (non-hydrogen) atoms. The molecule has 0 unspecified atom stereocenters. The zero-order valence-corrected chi connectivity index (χ0v) is 11.3. The Morgan fingerprint density at radius 1 is 1.50 bits per heavy atom. The topological polar surface area (TPSA) is 71.3 Å². The Labute approximate surface area is 116 Å². The molecule has 0 saturated heterocycles. The van der Waals surface area contributed by atoms with E-state index in [2.05, 4.69) is 9.88 Å². The molecule has 2 N–H and O–H groups in total. The van der Waals surface area contributed by atoms with Gasteiger partial charge >= 0.3 is 5.97 Å². The summed E-state index contributed by atoms with van der Waals surface area (Å²) in [5.41, 5.74) is 4.91. The number of rotatable bonds is 4. The highest BCUT2D eigenvalue weighted by Gasteiger charge is 2.21. The first-order valence-electron chi connectivity index (χ1n) is 6.68. The van der Waals surface area contributed by atoms with Crippen molar-refractivity contribution in [1.82, 2.24) is 4.57 Å². The van der Waals surface area contributed by atoms with E-state index in [1.807, 2.05) is 19.1 Å². The SMILES string of the molecule is Cc1c(CC(=O)O)c2cc(NC=O)cc3c2n1CCC3. The molecule has 1 amide bonds. The summed E-state index contributed by atoms with van der Waals surface area (Å²) in [5, 5.41) is 12.7. The van der Waals surface area contributed by atoms with Crippen LogP contribution in [-0.4, -0.2) is 22.1 Å². The first-order valence-corrected chi connectivity index (χ1v) is 6.68. The second-order valence-corrected chi connectivity index (χ2v) is 5.18. The molecule has 1 aliphatic rings. The molecule has 2 aromatic rings. The Morgan fingerprint density at radius 3 is 3.00 bits per heavy atom. The summed E-state index contributed by atoms with van der Waals surface area (Å²) in [5.74, 6) is -0.832. The first-order chi connectivity index (χ1) is 9.61. The maximum atomic E-state index is 11.1. The van der Waals surface area contributed by atoms with E-state index >= 15 is 0 Å². The smallest absolute Gasteiger partial charge is 0.307 e. The molecule has 0 atom stereocenters. The molecule has 1 aromatic heterocycles. The van der Waals surface area contributed by atoms with E-state index in [0.717, 1.165) is 47.2 Å². The highest BCUT2D eigenvalue weighted by molar-refractivity contribution is 5.95. The second-order valence-electron chi connectivity index (χ2n) is 5.18. The lowest BCUT2D eigenvalue weighted by Crippen LogP contribution is -2.09. The number of hydrogen-bond acceptors (Lipinski definition) is 2. The van der Waals surface area contributed by atoms with Crippen molar-refractivity contribution in [3.05, 3.63) is 29.0 Å². The number of benzene rings is 1. The number of aromatic nitrogens is 1. The van der Waals surface area contributed by atoms with E-state index in [0.29, 0.717) is 6.41 Å². The molecule has 2 heterocycles. The van der Waals surface area contributed by atoms with Crippen LogP contribution in [0.3, 0.4) is 0 Å². The summed E-state index contributed by atoms with van der Waals surface area (Å²) in [4.78, 5) is 21.7. The lowest BCUT2D eigenvalue weighted by atomic mass is 10.0. The van der Waals surface area contributed by atoms with Crippen LogP contribution in [0.1, 0.15) is 23.2 Å². The number of amides is 1. The molecule has 0 aliphatic carbocycles. The Bertz CT molecular complexity index is 716. The predicted molar refractivity (Wildman–Crippen MR) is 76.0 cm³/mol. The van der Waals surface area contributed by atoms with Gasteiger partial charge in [-0.15, -0.1) is 0 Å². The van der Waals surface area contributed by atoms with Crippen molar-refractivity contribution in [1.29, 1.82) is 0 Å². The third-order valence-corrected chi connectivity index (χ3v) is 4.01. The molecule has 0 spiro atoms. The van der Waals surface area contributed by atoms with Crippen molar-refractivity contribution in [3.8, 4) is 0 Å². The second kappa shape index (κ2) is 4.67. The standard InChI is InChI=1S/C15H16N2O3/c1-9-12(7-14(19)20)13-6-11(16-8-18)5-10-3-2-4-17(9)15(10)13/h5-6,8H,2-4,7H2,1H3,(H,16,18)(H,19,20). The summed E-state index contributed by atoms with van der Waals surface area (Å²) in [7, 11) is 0. The summed E-state index contributed by atoms with van der Waals surface area (Å²) >= 11 is 0. The zero-order chi connectivity index (χ0) is 14.3. The predicted octanol–water partition coefficient (Wildman–Crippen LogP) is 2.09. The molecule has 1 aromatic carbocycles. The Hall–Kier alpha value is -2.30. The van der Waals surface area contributed by atoms with E-state index in [4.69, 9.17) is 5.11 Å². The highest BCUT2D eigenvalue weighted by Crippen LogP contribution is 2.35. The molecule has 5 nitrogen and oxygen atoms in total. The van der Waals surface area contributed by atoms with Crippen molar-refractivity contribution in [2.45, 2.75) is 32.7 Å². The van der Waals surface area contributed by atoms with Gasteiger partial charge in [-0.2, -0.15) is 0 Å². The average molecular weight is 272 g/mol. The monoisotopic (exact) mass is 272 g/mol. The maximum absolute atomic E-state index is 11.1. The largest absolute Gasteiger partial charge is 0.481 e. The highest BCUT2D eigenvalue weighted by atomic mass is 16.4. The molecule has 0 saturated carbocycles. The summed E-state index contributed by atoms with van der Waals surface area (Å²) in [6.45, 7) is 2.90. The van der Waals surface area contributed by atoms with Gasteiger partial charge in [0.15, 0.2) is 0 Å². The van der Waals surface area contributed by atoms with Gasteiger partial charge in [0.25, 0.3) is 0 Å². The number of nitrogens with one attached hydrogen (secondary N) is 1. The van der Waals surface area contributed by atoms with Gasteiger partial charge in [-0.3, -0.25) is 9.59 Å². The first kappa shape index (κ1) is 12.7. The van der Waals surface area contributed by atoms with Crippen LogP contribution in [0.4, 0.5) is 5.69 Å². The van der Waals surface area contributed by atoms with Crippen molar-refractivity contribution >= 4 is 29.0 Å². The van der Waals surface area contributed by atoms with Crippen LogP contribution in [-0.2, 0) is 29.0 Å². The maximum Gasteiger partial charge on any atom is 0.307 e. The Balaban J connectivity index is 2.30. The molecule has 5 heteroatoms.